The fourth-order valence-electron chi connectivity index (χ4n) is 2.55. The van der Waals surface area contributed by atoms with Crippen LogP contribution in [0.3, 0.4) is 0 Å². The van der Waals surface area contributed by atoms with Crippen molar-refractivity contribution in [1.82, 2.24) is 4.90 Å². The molecule has 0 aliphatic carbocycles. The van der Waals surface area contributed by atoms with Crippen LogP contribution in [0.4, 0.5) is 0 Å². The Labute approximate surface area is 135 Å². The van der Waals surface area contributed by atoms with Gasteiger partial charge in [-0.25, -0.2) is 0 Å². The molecule has 120 valence electrons. The molecule has 1 aromatic carbocycles. The largest absolute Gasteiger partial charge is 0.481 e. The van der Waals surface area contributed by atoms with Crippen molar-refractivity contribution in [1.29, 1.82) is 0 Å². The summed E-state index contributed by atoms with van der Waals surface area (Å²) in [5, 5.41) is 8.63. The molecule has 1 amide bonds. The molecule has 2 rings (SSSR count). The first-order valence-corrected chi connectivity index (χ1v) is 8.62. The van der Waals surface area contributed by atoms with Crippen molar-refractivity contribution in [2.24, 2.45) is 0 Å². The Kier molecular flexibility index (Phi) is 5.16. The summed E-state index contributed by atoms with van der Waals surface area (Å²) in [4.78, 5) is 24.5. The van der Waals surface area contributed by atoms with Gasteiger partial charge in [0.15, 0.2) is 0 Å². The lowest BCUT2D eigenvalue weighted by molar-refractivity contribution is -0.133. The van der Waals surface area contributed by atoms with E-state index in [-0.39, 0.29) is 22.8 Å². The molecule has 0 saturated carbocycles. The molecule has 1 aliphatic heterocycles. The van der Waals surface area contributed by atoms with Gasteiger partial charge in [0.2, 0.25) is 5.91 Å². The smallest absolute Gasteiger partial charge is 0.313 e. The molecule has 0 bridgehead atoms. The van der Waals surface area contributed by atoms with Crippen molar-refractivity contribution in [2.45, 2.75) is 39.2 Å². The van der Waals surface area contributed by atoms with E-state index in [1.807, 2.05) is 4.90 Å². The van der Waals surface area contributed by atoms with Crippen LogP contribution in [0.15, 0.2) is 18.2 Å². The maximum atomic E-state index is 12.2. The molecular weight excluding hydrogens is 298 g/mol. The molecule has 0 radical (unpaired) electrons. The van der Waals surface area contributed by atoms with Gasteiger partial charge in [0.05, 0.1) is 11.5 Å². The lowest BCUT2D eigenvalue weighted by atomic mass is 9.84. The first kappa shape index (κ1) is 16.9. The number of hydrogen-bond acceptors (Lipinski definition) is 3. The van der Waals surface area contributed by atoms with Crippen LogP contribution in [0.25, 0.3) is 0 Å². The molecule has 0 atom stereocenters. The van der Waals surface area contributed by atoms with Crippen molar-refractivity contribution in [3.63, 3.8) is 0 Å². The van der Waals surface area contributed by atoms with E-state index < -0.39 is 5.97 Å². The van der Waals surface area contributed by atoms with Crippen LogP contribution >= 0.6 is 11.8 Å². The monoisotopic (exact) mass is 321 g/mol. The van der Waals surface area contributed by atoms with Gasteiger partial charge in [-0.3, -0.25) is 9.59 Å². The zero-order valence-corrected chi connectivity index (χ0v) is 14.2. The normalized spacial score (nSPS) is 14.6. The summed E-state index contributed by atoms with van der Waals surface area (Å²) in [5.41, 5.74) is 3.91. The molecule has 1 aromatic rings. The van der Waals surface area contributed by atoms with Crippen LogP contribution in [0.1, 0.15) is 37.5 Å². The summed E-state index contributed by atoms with van der Waals surface area (Å²) in [7, 11) is 0. The number of amides is 1. The Bertz CT molecular complexity index is 578. The summed E-state index contributed by atoms with van der Waals surface area (Å²) < 4.78 is 0. The van der Waals surface area contributed by atoms with E-state index in [1.54, 1.807) is 0 Å². The summed E-state index contributed by atoms with van der Waals surface area (Å²) in [5.74, 6) is -0.639. The van der Waals surface area contributed by atoms with Gasteiger partial charge in [-0.1, -0.05) is 39.0 Å². The van der Waals surface area contributed by atoms with E-state index in [1.165, 1.54) is 16.7 Å². The van der Waals surface area contributed by atoms with Crippen molar-refractivity contribution >= 4 is 23.6 Å². The van der Waals surface area contributed by atoms with Crippen molar-refractivity contribution < 1.29 is 14.7 Å². The Morgan fingerprint density at radius 1 is 1.23 bits per heavy atom. The minimum Gasteiger partial charge on any atom is -0.481 e. The topological polar surface area (TPSA) is 57.6 Å². The number of carboxylic acids is 1. The van der Waals surface area contributed by atoms with Crippen molar-refractivity contribution in [2.75, 3.05) is 18.1 Å². The van der Waals surface area contributed by atoms with Gasteiger partial charge in [-0.15, -0.1) is 11.8 Å². The SMILES string of the molecule is CC(C)(C)c1ccc2c(c1)CN(C(=O)CSCC(=O)O)CC2. The molecule has 0 aromatic heterocycles. The van der Waals surface area contributed by atoms with Gasteiger partial charge in [-0.2, -0.15) is 0 Å². The Morgan fingerprint density at radius 2 is 1.95 bits per heavy atom. The second kappa shape index (κ2) is 6.73. The highest BCUT2D eigenvalue weighted by atomic mass is 32.2. The van der Waals surface area contributed by atoms with Gasteiger partial charge in [0.1, 0.15) is 0 Å². The number of thioether (sulfide) groups is 1. The third kappa shape index (κ3) is 4.26. The lowest BCUT2D eigenvalue weighted by Gasteiger charge is -2.30. The second-order valence-corrected chi connectivity index (χ2v) is 7.67. The van der Waals surface area contributed by atoms with Crippen LogP contribution in [0.2, 0.25) is 0 Å². The minimum absolute atomic E-state index is 0.0235. The van der Waals surface area contributed by atoms with E-state index in [0.717, 1.165) is 18.2 Å². The zero-order chi connectivity index (χ0) is 16.3. The third-order valence-electron chi connectivity index (χ3n) is 3.89. The van der Waals surface area contributed by atoms with Gasteiger partial charge in [-0.05, 0) is 28.5 Å². The molecule has 0 spiro atoms. The highest BCUT2D eigenvalue weighted by molar-refractivity contribution is 8.00. The summed E-state index contributed by atoms with van der Waals surface area (Å²) in [6.45, 7) is 7.90. The number of carbonyl (C=O) groups excluding carboxylic acids is 1. The predicted molar refractivity (Wildman–Crippen MR) is 89.2 cm³/mol. The molecule has 22 heavy (non-hydrogen) atoms. The van der Waals surface area contributed by atoms with E-state index in [0.29, 0.717) is 13.1 Å². The number of benzene rings is 1. The minimum atomic E-state index is -0.878. The fourth-order valence-corrected chi connectivity index (χ4v) is 3.19. The molecule has 1 N–H and O–H groups in total. The Morgan fingerprint density at radius 3 is 2.59 bits per heavy atom. The average Bonchev–Trinajstić information content (AvgIpc) is 2.44. The summed E-state index contributed by atoms with van der Waals surface area (Å²) in [6.07, 6.45) is 0.870. The van der Waals surface area contributed by atoms with Crippen LogP contribution < -0.4 is 0 Å². The summed E-state index contributed by atoms with van der Waals surface area (Å²) >= 11 is 1.16. The Balaban J connectivity index is 2.03. The molecule has 0 fully saturated rings. The van der Waals surface area contributed by atoms with Gasteiger partial charge >= 0.3 is 5.97 Å². The van der Waals surface area contributed by atoms with E-state index in [9.17, 15) is 9.59 Å². The first-order chi connectivity index (χ1) is 10.3. The van der Waals surface area contributed by atoms with Crippen LogP contribution in [0.5, 0.6) is 0 Å². The van der Waals surface area contributed by atoms with Crippen LogP contribution in [0, 0.1) is 0 Å². The highest BCUT2D eigenvalue weighted by Gasteiger charge is 2.23. The van der Waals surface area contributed by atoms with E-state index >= 15 is 0 Å². The molecule has 0 unspecified atom stereocenters. The number of rotatable bonds is 4. The van der Waals surface area contributed by atoms with Gasteiger partial charge < -0.3 is 10.0 Å². The number of carboxylic acid groups (broad SMARTS) is 1. The van der Waals surface area contributed by atoms with Crippen LogP contribution in [-0.4, -0.2) is 39.9 Å². The molecule has 1 heterocycles. The van der Waals surface area contributed by atoms with Crippen molar-refractivity contribution in [3.05, 3.63) is 34.9 Å². The van der Waals surface area contributed by atoms with Crippen molar-refractivity contribution in [3.8, 4) is 0 Å². The van der Waals surface area contributed by atoms with Crippen LogP contribution in [-0.2, 0) is 28.0 Å². The number of fused-ring (bicyclic) bond motifs is 1. The Hall–Kier alpha value is -1.49. The highest BCUT2D eigenvalue weighted by Crippen LogP contribution is 2.27. The molecular formula is C17H23NO3S. The number of carbonyl (C=O) groups is 2. The third-order valence-corrected chi connectivity index (χ3v) is 4.79. The quantitative estimate of drug-likeness (QED) is 0.926. The predicted octanol–water partition coefficient (Wildman–Crippen LogP) is 2.69. The number of aliphatic carboxylic acids is 1. The zero-order valence-electron chi connectivity index (χ0n) is 13.4. The number of nitrogens with zero attached hydrogens (tertiary/aromatic N) is 1. The van der Waals surface area contributed by atoms with Gasteiger partial charge in [0, 0.05) is 13.1 Å². The second-order valence-electron chi connectivity index (χ2n) is 6.69. The molecule has 1 aliphatic rings. The fraction of sp³-hybridized carbons (Fsp3) is 0.529. The molecule has 4 nitrogen and oxygen atoms in total. The standard InChI is InChI=1S/C17H23NO3S/c1-17(2,3)14-5-4-12-6-7-18(9-13(12)8-14)15(19)10-22-11-16(20)21/h4-5,8H,6-7,9-11H2,1-3H3,(H,20,21). The summed E-state index contributed by atoms with van der Waals surface area (Å²) in [6, 6.07) is 6.56. The maximum absolute atomic E-state index is 12.2. The molecule has 0 saturated heterocycles. The average molecular weight is 321 g/mol. The molecule has 5 heteroatoms. The van der Waals surface area contributed by atoms with Gasteiger partial charge in [0.25, 0.3) is 0 Å². The lowest BCUT2D eigenvalue weighted by Crippen LogP contribution is -2.37. The number of hydrogen-bond donors (Lipinski definition) is 1. The van der Waals surface area contributed by atoms with E-state index in [4.69, 9.17) is 5.11 Å². The van der Waals surface area contributed by atoms with E-state index in [2.05, 4.69) is 39.0 Å². The first-order valence-electron chi connectivity index (χ1n) is 7.47. The maximum Gasteiger partial charge on any atom is 0.313 e.